The summed E-state index contributed by atoms with van der Waals surface area (Å²) in [6.07, 6.45) is 16.4. The Balaban J connectivity index is 3.29. The standard InChI is InChI=1S/C16H34O3/c1-3-5-7-8-9-10-11-12-13-15-16(18-19-17)14-6-4-2/h16-17H,3-15H2,1-2H3. The molecule has 0 saturated carbocycles. The Morgan fingerprint density at radius 3 is 1.68 bits per heavy atom. The maximum Gasteiger partial charge on any atom is 0.0961 e. The van der Waals surface area contributed by atoms with Crippen molar-refractivity contribution in [1.29, 1.82) is 0 Å². The predicted molar refractivity (Wildman–Crippen MR) is 80.0 cm³/mol. The zero-order chi connectivity index (χ0) is 14.2. The molecule has 0 rings (SSSR count). The topological polar surface area (TPSA) is 38.7 Å². The molecule has 0 saturated heterocycles. The van der Waals surface area contributed by atoms with Gasteiger partial charge >= 0.3 is 0 Å². The van der Waals surface area contributed by atoms with E-state index >= 15 is 0 Å². The molecule has 0 aliphatic rings. The lowest BCUT2D eigenvalue weighted by Crippen LogP contribution is -2.12. The van der Waals surface area contributed by atoms with Crippen LogP contribution in [0.25, 0.3) is 0 Å². The summed E-state index contributed by atoms with van der Waals surface area (Å²) in [6.45, 7) is 4.42. The first-order valence-corrected chi connectivity index (χ1v) is 8.32. The second kappa shape index (κ2) is 15.9. The summed E-state index contributed by atoms with van der Waals surface area (Å²) in [4.78, 5) is 4.87. The van der Waals surface area contributed by atoms with E-state index in [0.29, 0.717) is 0 Å². The molecule has 0 aliphatic heterocycles. The molecule has 0 bridgehead atoms. The summed E-state index contributed by atoms with van der Waals surface area (Å²) in [6, 6.07) is 0. The Hall–Kier alpha value is -0.120. The number of hydrogen-bond acceptors (Lipinski definition) is 3. The molecule has 3 nitrogen and oxygen atoms in total. The van der Waals surface area contributed by atoms with Gasteiger partial charge in [-0.15, -0.1) is 0 Å². The molecule has 0 aromatic heterocycles. The molecule has 1 unspecified atom stereocenters. The highest BCUT2D eigenvalue weighted by atomic mass is 17.5. The van der Waals surface area contributed by atoms with Crippen LogP contribution in [0.15, 0.2) is 0 Å². The van der Waals surface area contributed by atoms with Crippen molar-refractivity contribution in [1.82, 2.24) is 0 Å². The van der Waals surface area contributed by atoms with Crippen molar-refractivity contribution in [3.8, 4) is 0 Å². The lowest BCUT2D eigenvalue weighted by molar-refractivity contribution is -0.507. The molecule has 0 spiro atoms. The van der Waals surface area contributed by atoms with Crippen LogP contribution >= 0.6 is 0 Å². The van der Waals surface area contributed by atoms with Gasteiger partial charge in [-0.25, -0.2) is 10.1 Å². The van der Waals surface area contributed by atoms with Crippen molar-refractivity contribution in [2.75, 3.05) is 0 Å². The Bertz CT molecular complexity index is 162. The SMILES string of the molecule is CCCCCCCCCCCC(CCCC)OOO. The van der Waals surface area contributed by atoms with E-state index in [9.17, 15) is 0 Å². The van der Waals surface area contributed by atoms with Crippen LogP contribution in [0, 0.1) is 0 Å². The summed E-state index contributed by atoms with van der Waals surface area (Å²) < 4.78 is 0. The van der Waals surface area contributed by atoms with Crippen molar-refractivity contribution >= 4 is 0 Å². The molecule has 19 heavy (non-hydrogen) atoms. The Kier molecular flexibility index (Phi) is 15.8. The molecule has 0 aromatic carbocycles. The van der Waals surface area contributed by atoms with E-state index in [4.69, 9.17) is 10.1 Å². The van der Waals surface area contributed by atoms with Crippen LogP contribution in [0.5, 0.6) is 0 Å². The summed E-state index contributed by atoms with van der Waals surface area (Å²) in [5.41, 5.74) is 0. The van der Waals surface area contributed by atoms with Gasteiger partial charge in [0.1, 0.15) is 0 Å². The van der Waals surface area contributed by atoms with Crippen LogP contribution in [-0.4, -0.2) is 11.4 Å². The van der Waals surface area contributed by atoms with Crippen molar-refractivity contribution in [2.24, 2.45) is 0 Å². The smallest absolute Gasteiger partial charge is 0.0961 e. The fraction of sp³-hybridized carbons (Fsp3) is 1.00. The number of rotatable bonds is 15. The predicted octanol–water partition coefficient (Wildman–Crippen LogP) is 5.89. The maximum atomic E-state index is 8.36. The molecule has 0 aromatic rings. The van der Waals surface area contributed by atoms with E-state index in [1.807, 2.05) is 0 Å². The summed E-state index contributed by atoms with van der Waals surface area (Å²) in [7, 11) is 0. The van der Waals surface area contributed by atoms with Crippen molar-refractivity contribution in [2.45, 2.75) is 103 Å². The van der Waals surface area contributed by atoms with Crippen molar-refractivity contribution < 1.29 is 15.2 Å². The highest BCUT2D eigenvalue weighted by Gasteiger charge is 2.09. The summed E-state index contributed by atoms with van der Waals surface area (Å²) in [5, 5.41) is 12.2. The lowest BCUT2D eigenvalue weighted by Gasteiger charge is -2.13. The average Bonchev–Trinajstić information content (AvgIpc) is 2.42. The largest absolute Gasteiger partial charge is 0.221 e. The van der Waals surface area contributed by atoms with Crippen molar-refractivity contribution in [3.63, 3.8) is 0 Å². The molecule has 1 N–H and O–H groups in total. The monoisotopic (exact) mass is 274 g/mol. The van der Waals surface area contributed by atoms with Gasteiger partial charge in [0.2, 0.25) is 0 Å². The van der Waals surface area contributed by atoms with E-state index in [-0.39, 0.29) is 6.10 Å². The van der Waals surface area contributed by atoms with Crippen LogP contribution in [0.1, 0.15) is 97.3 Å². The molecule has 0 fully saturated rings. The molecule has 0 amide bonds. The minimum absolute atomic E-state index is 0.0644. The fourth-order valence-corrected chi connectivity index (χ4v) is 2.42. The molecule has 0 aliphatic carbocycles. The Morgan fingerprint density at radius 2 is 1.16 bits per heavy atom. The zero-order valence-corrected chi connectivity index (χ0v) is 13.0. The highest BCUT2D eigenvalue weighted by Crippen LogP contribution is 2.15. The molecule has 0 heterocycles. The molecule has 0 radical (unpaired) electrons. The van der Waals surface area contributed by atoms with E-state index in [1.54, 1.807) is 0 Å². The fourth-order valence-electron chi connectivity index (χ4n) is 2.42. The molecule has 1 atom stereocenters. The number of hydrogen-bond donors (Lipinski definition) is 1. The van der Waals surface area contributed by atoms with Crippen LogP contribution < -0.4 is 0 Å². The van der Waals surface area contributed by atoms with Gasteiger partial charge in [0.05, 0.1) is 6.10 Å². The summed E-state index contributed by atoms with van der Waals surface area (Å²) >= 11 is 0. The van der Waals surface area contributed by atoms with Gasteiger partial charge in [0.15, 0.2) is 0 Å². The normalized spacial score (nSPS) is 12.8. The molecule has 116 valence electrons. The Morgan fingerprint density at radius 1 is 0.684 bits per heavy atom. The zero-order valence-electron chi connectivity index (χ0n) is 13.0. The van der Waals surface area contributed by atoms with Crippen molar-refractivity contribution in [3.05, 3.63) is 0 Å². The van der Waals surface area contributed by atoms with Crippen LogP contribution in [-0.2, 0) is 9.93 Å². The van der Waals surface area contributed by atoms with E-state index in [1.165, 1.54) is 57.8 Å². The van der Waals surface area contributed by atoms with Gasteiger partial charge in [-0.2, -0.15) is 0 Å². The summed E-state index contributed by atoms with van der Waals surface area (Å²) in [5.74, 6) is 0. The van der Waals surface area contributed by atoms with Gasteiger partial charge < -0.3 is 0 Å². The van der Waals surface area contributed by atoms with E-state index < -0.39 is 0 Å². The van der Waals surface area contributed by atoms with Gasteiger partial charge in [-0.3, -0.25) is 0 Å². The molecule has 3 heteroatoms. The third-order valence-corrected chi connectivity index (χ3v) is 3.69. The van der Waals surface area contributed by atoms with E-state index in [2.05, 4.69) is 18.9 Å². The molecular weight excluding hydrogens is 240 g/mol. The van der Waals surface area contributed by atoms with Crippen LogP contribution in [0.2, 0.25) is 0 Å². The average molecular weight is 274 g/mol. The first-order chi connectivity index (χ1) is 9.35. The molecular formula is C16H34O3. The minimum atomic E-state index is 0.0644. The van der Waals surface area contributed by atoms with Gasteiger partial charge in [0.25, 0.3) is 0 Å². The third kappa shape index (κ3) is 14.1. The van der Waals surface area contributed by atoms with E-state index in [0.717, 1.165) is 25.7 Å². The van der Waals surface area contributed by atoms with Gasteiger partial charge in [-0.05, 0) is 12.8 Å². The first kappa shape index (κ1) is 18.9. The minimum Gasteiger partial charge on any atom is -0.221 e. The highest BCUT2D eigenvalue weighted by molar-refractivity contribution is 4.57. The second-order valence-electron chi connectivity index (χ2n) is 5.55. The first-order valence-electron chi connectivity index (χ1n) is 8.32. The van der Waals surface area contributed by atoms with Gasteiger partial charge in [-0.1, -0.05) is 89.5 Å². The maximum absolute atomic E-state index is 8.36. The van der Waals surface area contributed by atoms with Crippen LogP contribution in [0.3, 0.4) is 0 Å². The lowest BCUT2D eigenvalue weighted by atomic mass is 10.0. The quantitative estimate of drug-likeness (QED) is 0.230. The van der Waals surface area contributed by atoms with Crippen LogP contribution in [0.4, 0.5) is 0 Å². The number of unbranched alkanes of at least 4 members (excludes halogenated alkanes) is 9. The third-order valence-electron chi connectivity index (χ3n) is 3.69. The second-order valence-corrected chi connectivity index (χ2v) is 5.55. The van der Waals surface area contributed by atoms with Gasteiger partial charge in [0, 0.05) is 0 Å². The Labute approximate surface area is 119 Å².